The first kappa shape index (κ1) is 4.33. The number of carbonyl (C=O) groups excluding carboxylic acids is 1. The van der Waals surface area contributed by atoms with Crippen LogP contribution in [0.5, 0.6) is 0 Å². The van der Waals surface area contributed by atoms with Gasteiger partial charge in [0.05, 0.1) is 5.57 Å². The van der Waals surface area contributed by atoms with E-state index in [2.05, 4.69) is 9.78 Å². The first-order chi connectivity index (χ1) is 3.43. The van der Waals surface area contributed by atoms with Crippen molar-refractivity contribution in [3.05, 3.63) is 11.8 Å². The van der Waals surface area contributed by atoms with Crippen LogP contribution in [0.3, 0.4) is 0 Å². The fourth-order valence-electron chi connectivity index (χ4n) is 0.294. The fourth-order valence-corrected chi connectivity index (χ4v) is 0.294. The Morgan fingerprint density at radius 1 is 1.86 bits per heavy atom. The lowest BCUT2D eigenvalue weighted by Crippen LogP contribution is -1.85. The first-order valence-corrected chi connectivity index (χ1v) is 1.86. The molecule has 0 bridgehead atoms. The molecular weight excluding hydrogens is 96.0 g/mol. The summed E-state index contributed by atoms with van der Waals surface area (Å²) >= 11 is 0. The average molecular weight is 100 g/mol. The molecule has 0 radical (unpaired) electrons. The second-order valence-corrected chi connectivity index (χ2v) is 1.17. The van der Waals surface area contributed by atoms with E-state index in [0.29, 0.717) is 11.9 Å². The van der Waals surface area contributed by atoms with Crippen LogP contribution >= 0.6 is 0 Å². The van der Waals surface area contributed by atoms with Crippen molar-refractivity contribution >= 4 is 6.29 Å². The minimum absolute atomic E-state index is 0.281. The Hall–Kier alpha value is -0.830. The number of carbonyl (C=O) groups is 1. The van der Waals surface area contributed by atoms with Gasteiger partial charge in [-0.05, 0) is 0 Å². The quantitative estimate of drug-likeness (QED) is 0.344. The summed E-state index contributed by atoms with van der Waals surface area (Å²) in [6.45, 7) is 0.281. The zero-order valence-corrected chi connectivity index (χ0v) is 3.59. The van der Waals surface area contributed by atoms with E-state index in [1.165, 1.54) is 6.26 Å². The lowest BCUT2D eigenvalue weighted by Gasteiger charge is -1.81. The molecule has 1 rings (SSSR count). The molecule has 0 saturated carbocycles. The Morgan fingerprint density at radius 3 is 3.00 bits per heavy atom. The second-order valence-electron chi connectivity index (χ2n) is 1.17. The van der Waals surface area contributed by atoms with Crippen molar-refractivity contribution in [3.8, 4) is 0 Å². The van der Waals surface area contributed by atoms with Gasteiger partial charge in [0.15, 0.2) is 6.29 Å². The zero-order chi connectivity index (χ0) is 5.11. The molecule has 38 valence electrons. The largest absolute Gasteiger partial charge is 0.345 e. The zero-order valence-electron chi connectivity index (χ0n) is 3.59. The molecule has 0 aromatic rings. The van der Waals surface area contributed by atoms with E-state index in [1.54, 1.807) is 0 Å². The molecule has 3 nitrogen and oxygen atoms in total. The lowest BCUT2D eigenvalue weighted by atomic mass is 10.4. The van der Waals surface area contributed by atoms with Gasteiger partial charge >= 0.3 is 0 Å². The minimum atomic E-state index is 0.281. The molecule has 0 N–H and O–H groups in total. The molecule has 0 aromatic carbocycles. The molecule has 0 unspecified atom stereocenters. The first-order valence-electron chi connectivity index (χ1n) is 1.86. The van der Waals surface area contributed by atoms with Crippen LogP contribution in [-0.2, 0) is 14.6 Å². The highest BCUT2D eigenvalue weighted by atomic mass is 17.2. The van der Waals surface area contributed by atoms with Crippen LogP contribution in [0.2, 0.25) is 0 Å². The fraction of sp³-hybridized carbons (Fsp3) is 0.250. The van der Waals surface area contributed by atoms with Crippen molar-refractivity contribution in [2.45, 2.75) is 0 Å². The van der Waals surface area contributed by atoms with E-state index >= 15 is 0 Å². The summed E-state index contributed by atoms with van der Waals surface area (Å²) < 4.78 is 0. The van der Waals surface area contributed by atoms with E-state index in [1.807, 2.05) is 0 Å². The summed E-state index contributed by atoms with van der Waals surface area (Å²) in [5.74, 6) is 0. The van der Waals surface area contributed by atoms with Crippen LogP contribution in [0.1, 0.15) is 0 Å². The third-order valence-corrected chi connectivity index (χ3v) is 0.644. The van der Waals surface area contributed by atoms with Gasteiger partial charge in [0, 0.05) is 0 Å². The van der Waals surface area contributed by atoms with Gasteiger partial charge in [0.2, 0.25) is 0 Å². The van der Waals surface area contributed by atoms with Crippen LogP contribution in [0.15, 0.2) is 11.8 Å². The SMILES string of the molecule is O=CC1=COOC1. The maximum absolute atomic E-state index is 9.78. The standard InChI is InChI=1S/C4H4O3/c5-1-4-2-6-7-3-4/h1-2H,3H2. The maximum Gasteiger partial charge on any atom is 0.151 e. The van der Waals surface area contributed by atoms with E-state index in [9.17, 15) is 4.79 Å². The van der Waals surface area contributed by atoms with Crippen LogP contribution < -0.4 is 0 Å². The Kier molecular flexibility index (Phi) is 1.08. The molecule has 0 aliphatic carbocycles. The summed E-state index contributed by atoms with van der Waals surface area (Å²) in [4.78, 5) is 18.4. The number of rotatable bonds is 1. The van der Waals surface area contributed by atoms with Crippen LogP contribution in [0, 0.1) is 0 Å². The average Bonchev–Trinajstić information content (AvgIpc) is 2.14. The molecule has 0 amide bonds. The van der Waals surface area contributed by atoms with Gasteiger partial charge in [0.25, 0.3) is 0 Å². The molecule has 0 fully saturated rings. The normalized spacial score (nSPS) is 18.0. The van der Waals surface area contributed by atoms with Crippen LogP contribution in [-0.4, -0.2) is 12.9 Å². The van der Waals surface area contributed by atoms with E-state index in [4.69, 9.17) is 0 Å². The molecule has 0 atom stereocenters. The highest BCUT2D eigenvalue weighted by Gasteiger charge is 2.02. The third kappa shape index (κ3) is 0.778. The highest BCUT2D eigenvalue weighted by molar-refractivity contribution is 5.73. The van der Waals surface area contributed by atoms with E-state index in [-0.39, 0.29) is 6.61 Å². The minimum Gasteiger partial charge on any atom is -0.345 e. The summed E-state index contributed by atoms with van der Waals surface area (Å²) in [7, 11) is 0. The third-order valence-electron chi connectivity index (χ3n) is 0.644. The summed E-state index contributed by atoms with van der Waals surface area (Å²) in [6, 6.07) is 0. The summed E-state index contributed by atoms with van der Waals surface area (Å²) in [6.07, 6.45) is 1.99. The number of hydrogen-bond donors (Lipinski definition) is 0. The Morgan fingerprint density at radius 2 is 2.71 bits per heavy atom. The molecule has 7 heavy (non-hydrogen) atoms. The van der Waals surface area contributed by atoms with Crippen molar-refractivity contribution in [1.82, 2.24) is 0 Å². The van der Waals surface area contributed by atoms with Crippen molar-refractivity contribution in [1.29, 1.82) is 0 Å². The molecule has 1 aliphatic heterocycles. The van der Waals surface area contributed by atoms with Crippen molar-refractivity contribution in [2.75, 3.05) is 6.61 Å². The van der Waals surface area contributed by atoms with E-state index in [0.717, 1.165) is 0 Å². The van der Waals surface area contributed by atoms with Crippen molar-refractivity contribution in [3.63, 3.8) is 0 Å². The second kappa shape index (κ2) is 1.75. The maximum atomic E-state index is 9.78. The Labute approximate surface area is 40.5 Å². The summed E-state index contributed by atoms with van der Waals surface area (Å²) in [5, 5.41) is 0. The molecule has 0 aromatic heterocycles. The molecule has 1 aliphatic rings. The van der Waals surface area contributed by atoms with E-state index < -0.39 is 0 Å². The predicted molar refractivity (Wildman–Crippen MR) is 21.2 cm³/mol. The van der Waals surface area contributed by atoms with Gasteiger partial charge in [-0.25, -0.2) is 0 Å². The summed E-state index contributed by atoms with van der Waals surface area (Å²) in [5.41, 5.74) is 0.542. The van der Waals surface area contributed by atoms with Crippen LogP contribution in [0.25, 0.3) is 0 Å². The van der Waals surface area contributed by atoms with Gasteiger partial charge in [0.1, 0.15) is 12.9 Å². The number of hydrogen-bond acceptors (Lipinski definition) is 3. The van der Waals surface area contributed by atoms with Gasteiger partial charge in [-0.1, -0.05) is 0 Å². The molecule has 0 spiro atoms. The van der Waals surface area contributed by atoms with Gasteiger partial charge in [-0.3, -0.25) is 4.79 Å². The Bertz CT molecular complexity index is 106. The number of aldehydes is 1. The van der Waals surface area contributed by atoms with Gasteiger partial charge < -0.3 is 4.89 Å². The van der Waals surface area contributed by atoms with Crippen LogP contribution in [0.4, 0.5) is 0 Å². The Balaban J connectivity index is 2.51. The smallest absolute Gasteiger partial charge is 0.151 e. The topological polar surface area (TPSA) is 35.5 Å². The predicted octanol–water partition coefficient (Wildman–Crippen LogP) is 0.0310. The molecular formula is C4H4O3. The molecule has 0 saturated heterocycles. The highest BCUT2D eigenvalue weighted by Crippen LogP contribution is 2.00. The van der Waals surface area contributed by atoms with Gasteiger partial charge in [-0.15, -0.1) is 0 Å². The van der Waals surface area contributed by atoms with Crippen molar-refractivity contribution in [2.24, 2.45) is 0 Å². The van der Waals surface area contributed by atoms with Gasteiger partial charge in [-0.2, -0.15) is 4.89 Å². The molecule has 1 heterocycles. The monoisotopic (exact) mass is 100 g/mol. The molecule has 3 heteroatoms. The van der Waals surface area contributed by atoms with Crippen molar-refractivity contribution < 1.29 is 14.6 Å². The lowest BCUT2D eigenvalue weighted by molar-refractivity contribution is -0.221.